The summed E-state index contributed by atoms with van der Waals surface area (Å²) in [7, 11) is 0. The molecule has 3 aromatic rings. The Morgan fingerprint density at radius 2 is 1.97 bits per heavy atom. The Hall–Kier alpha value is -2.95. The normalized spacial score (nSPS) is 18.1. The van der Waals surface area contributed by atoms with E-state index < -0.39 is 12.0 Å². The van der Waals surface area contributed by atoms with E-state index in [0.717, 1.165) is 26.3 Å². The zero-order valence-electron chi connectivity index (χ0n) is 19.0. The first-order valence-corrected chi connectivity index (χ1v) is 13.6. The lowest BCUT2D eigenvalue weighted by atomic mass is 9.96. The molecule has 35 heavy (non-hydrogen) atoms. The quantitative estimate of drug-likeness (QED) is 0.383. The van der Waals surface area contributed by atoms with Crippen molar-refractivity contribution in [3.05, 3.63) is 89.0 Å². The smallest absolute Gasteiger partial charge is 0.338 e. The highest BCUT2D eigenvalue weighted by Crippen LogP contribution is 2.34. The van der Waals surface area contributed by atoms with Gasteiger partial charge in [-0.3, -0.25) is 14.2 Å². The SMILES string of the molecule is CCOC(=O)C1=C(C)N=c2s/c(=C3\C(=O)Nc4ccc(Br)cc43)c(=O)n2[C@@H]1c1ccc(SC)cc1. The average Bonchev–Trinajstić information content (AvgIpc) is 3.33. The van der Waals surface area contributed by atoms with Crippen LogP contribution in [0.1, 0.15) is 31.0 Å². The van der Waals surface area contributed by atoms with E-state index in [1.54, 1.807) is 31.7 Å². The van der Waals surface area contributed by atoms with Crippen molar-refractivity contribution in [2.24, 2.45) is 4.99 Å². The predicted molar refractivity (Wildman–Crippen MR) is 140 cm³/mol. The molecule has 0 unspecified atom stereocenters. The number of ether oxygens (including phenoxy) is 1. The first kappa shape index (κ1) is 23.8. The second-order valence-corrected chi connectivity index (χ2v) is 10.7. The van der Waals surface area contributed by atoms with E-state index in [1.807, 2.05) is 42.7 Å². The van der Waals surface area contributed by atoms with Crippen molar-refractivity contribution in [1.29, 1.82) is 0 Å². The number of benzene rings is 2. The topological polar surface area (TPSA) is 89.8 Å². The highest BCUT2D eigenvalue weighted by molar-refractivity contribution is 9.10. The number of thiazole rings is 1. The number of anilines is 1. The van der Waals surface area contributed by atoms with Crippen LogP contribution in [0.3, 0.4) is 0 Å². The summed E-state index contributed by atoms with van der Waals surface area (Å²) in [5.74, 6) is -0.857. The Balaban J connectivity index is 1.81. The maximum Gasteiger partial charge on any atom is 0.338 e. The number of hydrogen-bond acceptors (Lipinski definition) is 7. The molecule has 178 valence electrons. The lowest BCUT2D eigenvalue weighted by Gasteiger charge is -2.24. The van der Waals surface area contributed by atoms with Crippen molar-refractivity contribution in [1.82, 2.24) is 4.57 Å². The lowest BCUT2D eigenvalue weighted by Crippen LogP contribution is -2.40. The number of allylic oxidation sites excluding steroid dienone is 1. The van der Waals surface area contributed by atoms with Gasteiger partial charge in [0.1, 0.15) is 4.53 Å². The number of esters is 1. The predicted octanol–water partition coefficient (Wildman–Crippen LogP) is 3.61. The number of nitrogens with zero attached hydrogens (tertiary/aromatic N) is 2. The van der Waals surface area contributed by atoms with Gasteiger partial charge in [0.25, 0.3) is 11.5 Å². The van der Waals surface area contributed by atoms with Gasteiger partial charge in [-0.1, -0.05) is 39.4 Å². The largest absolute Gasteiger partial charge is 0.463 e. The fourth-order valence-electron chi connectivity index (χ4n) is 4.31. The molecule has 0 saturated carbocycles. The molecule has 0 fully saturated rings. The van der Waals surface area contributed by atoms with Gasteiger partial charge in [0.15, 0.2) is 4.80 Å². The van der Waals surface area contributed by atoms with Crippen LogP contribution in [0.25, 0.3) is 5.57 Å². The van der Waals surface area contributed by atoms with Crippen molar-refractivity contribution < 1.29 is 14.3 Å². The second-order valence-electron chi connectivity index (χ2n) is 7.92. The summed E-state index contributed by atoms with van der Waals surface area (Å²) in [4.78, 5) is 45.9. The van der Waals surface area contributed by atoms with E-state index in [9.17, 15) is 14.4 Å². The Morgan fingerprint density at radius 1 is 1.23 bits per heavy atom. The first-order valence-electron chi connectivity index (χ1n) is 10.8. The molecule has 5 rings (SSSR count). The number of nitrogens with one attached hydrogen (secondary N) is 1. The van der Waals surface area contributed by atoms with Gasteiger partial charge in [-0.15, -0.1) is 11.8 Å². The highest BCUT2D eigenvalue weighted by atomic mass is 79.9. The number of hydrogen-bond donors (Lipinski definition) is 1. The van der Waals surface area contributed by atoms with Gasteiger partial charge in [0, 0.05) is 20.6 Å². The van der Waals surface area contributed by atoms with Crippen LogP contribution >= 0.6 is 39.0 Å². The number of thioether (sulfide) groups is 1. The van der Waals surface area contributed by atoms with Crippen molar-refractivity contribution in [2.75, 3.05) is 18.2 Å². The minimum absolute atomic E-state index is 0.203. The zero-order chi connectivity index (χ0) is 24.9. The Labute approximate surface area is 217 Å². The third-order valence-electron chi connectivity index (χ3n) is 5.88. The van der Waals surface area contributed by atoms with Crippen LogP contribution in [0, 0.1) is 0 Å². The van der Waals surface area contributed by atoms with Gasteiger partial charge in [-0.05, 0) is 56.0 Å². The maximum absolute atomic E-state index is 13.9. The van der Waals surface area contributed by atoms with Crippen LogP contribution in [0.15, 0.2) is 72.9 Å². The molecule has 1 N–H and O–H groups in total. The maximum atomic E-state index is 13.9. The molecule has 10 heteroatoms. The van der Waals surface area contributed by atoms with Crippen LogP contribution in [0.4, 0.5) is 5.69 Å². The van der Waals surface area contributed by atoms with E-state index in [4.69, 9.17) is 4.74 Å². The fraction of sp³-hybridized carbons (Fsp3) is 0.200. The van der Waals surface area contributed by atoms with Gasteiger partial charge in [-0.2, -0.15) is 0 Å². The summed E-state index contributed by atoms with van der Waals surface area (Å²) in [5.41, 5.74) is 2.78. The van der Waals surface area contributed by atoms with E-state index in [0.29, 0.717) is 32.9 Å². The van der Waals surface area contributed by atoms with Gasteiger partial charge >= 0.3 is 5.97 Å². The van der Waals surface area contributed by atoms with E-state index in [1.165, 1.54) is 4.57 Å². The zero-order valence-corrected chi connectivity index (χ0v) is 22.3. The summed E-state index contributed by atoms with van der Waals surface area (Å²) in [6.45, 7) is 3.68. The molecule has 0 radical (unpaired) electrons. The fourth-order valence-corrected chi connectivity index (χ4v) is 6.22. The first-order chi connectivity index (χ1) is 16.8. The molecule has 1 atom stereocenters. The summed E-state index contributed by atoms with van der Waals surface area (Å²) >= 11 is 6.20. The lowest BCUT2D eigenvalue weighted by molar-refractivity contribution is -0.139. The van der Waals surface area contributed by atoms with E-state index in [-0.39, 0.29) is 22.6 Å². The molecule has 3 heterocycles. The summed E-state index contributed by atoms with van der Waals surface area (Å²) in [6, 6.07) is 12.4. The molecule has 0 saturated heterocycles. The van der Waals surface area contributed by atoms with Crippen LogP contribution in [0.5, 0.6) is 0 Å². The van der Waals surface area contributed by atoms with Gasteiger partial charge < -0.3 is 10.1 Å². The van der Waals surface area contributed by atoms with Crippen LogP contribution in [0.2, 0.25) is 0 Å². The number of amides is 1. The monoisotopic (exact) mass is 569 g/mol. The number of carbonyl (C=O) groups excluding carboxylic acids is 2. The van der Waals surface area contributed by atoms with Gasteiger partial charge in [0.2, 0.25) is 0 Å². The molecule has 2 aliphatic heterocycles. The molecular formula is C25H20BrN3O4S2. The Morgan fingerprint density at radius 3 is 2.66 bits per heavy atom. The number of rotatable bonds is 4. The Bertz CT molecular complexity index is 1600. The highest BCUT2D eigenvalue weighted by Gasteiger charge is 2.35. The number of aromatic nitrogens is 1. The summed E-state index contributed by atoms with van der Waals surface area (Å²) < 4.78 is 7.92. The third-order valence-corrected chi connectivity index (χ3v) is 8.17. The van der Waals surface area contributed by atoms with Crippen molar-refractivity contribution in [3.8, 4) is 0 Å². The average molecular weight is 570 g/mol. The van der Waals surface area contributed by atoms with E-state index in [2.05, 4.69) is 26.2 Å². The van der Waals surface area contributed by atoms with Gasteiger partial charge in [0.05, 0.1) is 29.5 Å². The molecule has 7 nitrogen and oxygen atoms in total. The molecule has 1 aromatic heterocycles. The van der Waals surface area contributed by atoms with Crippen molar-refractivity contribution in [3.63, 3.8) is 0 Å². The van der Waals surface area contributed by atoms with Gasteiger partial charge in [-0.25, -0.2) is 9.79 Å². The molecule has 2 aliphatic rings. The summed E-state index contributed by atoms with van der Waals surface area (Å²) in [5, 5.41) is 2.83. The molecule has 0 bridgehead atoms. The number of halogens is 1. The van der Waals surface area contributed by atoms with Crippen LogP contribution < -0.4 is 20.2 Å². The molecule has 1 amide bonds. The van der Waals surface area contributed by atoms with Crippen molar-refractivity contribution in [2.45, 2.75) is 24.8 Å². The standard InChI is InChI=1S/C25H20BrN3O4S2/c1-4-33-24(32)18-12(2)27-25-29(20(18)13-5-8-15(34-3)9-6-13)23(31)21(35-25)19-16-11-14(26)7-10-17(16)28-22(19)30/h5-11,20H,4H2,1-3H3,(H,28,30)/b21-19-/t20-/m1/s1. The van der Waals surface area contributed by atoms with Crippen LogP contribution in [-0.2, 0) is 14.3 Å². The van der Waals surface area contributed by atoms with E-state index >= 15 is 0 Å². The molecule has 0 spiro atoms. The minimum atomic E-state index is -0.720. The number of carbonyl (C=O) groups is 2. The second kappa shape index (κ2) is 9.25. The third kappa shape index (κ3) is 3.99. The Kier molecular flexibility index (Phi) is 6.29. The van der Waals surface area contributed by atoms with Crippen LogP contribution in [-0.4, -0.2) is 29.3 Å². The molecular weight excluding hydrogens is 550 g/mol. The van der Waals surface area contributed by atoms with Crippen molar-refractivity contribution >= 4 is 62.2 Å². The molecule has 2 aromatic carbocycles. The molecule has 0 aliphatic carbocycles. The number of fused-ring (bicyclic) bond motifs is 2. The minimum Gasteiger partial charge on any atom is -0.463 e. The summed E-state index contributed by atoms with van der Waals surface area (Å²) in [6.07, 6.45) is 1.98.